The van der Waals surface area contributed by atoms with Gasteiger partial charge in [0, 0.05) is 24.3 Å². The molecule has 4 heteroatoms. The van der Waals surface area contributed by atoms with E-state index < -0.39 is 0 Å². The Morgan fingerprint density at radius 1 is 0.966 bits per heavy atom. The second-order valence-corrected chi connectivity index (χ2v) is 7.70. The molecule has 0 unspecified atom stereocenters. The SMILES string of the molecule is CC(C)c1ccc(/C=N/NC(=O)c2ccc3c(c2)CN(c2ccccc2)C3)cc1. The van der Waals surface area contributed by atoms with Crippen LogP contribution in [0.15, 0.2) is 77.9 Å². The molecule has 1 amide bonds. The molecule has 0 atom stereocenters. The average molecular weight is 383 g/mol. The van der Waals surface area contributed by atoms with Crippen molar-refractivity contribution in [2.75, 3.05) is 4.90 Å². The van der Waals surface area contributed by atoms with E-state index in [0.29, 0.717) is 11.5 Å². The van der Waals surface area contributed by atoms with Gasteiger partial charge in [0.1, 0.15) is 0 Å². The summed E-state index contributed by atoms with van der Waals surface area (Å²) >= 11 is 0. The average Bonchev–Trinajstić information content (AvgIpc) is 3.18. The molecule has 0 saturated carbocycles. The van der Waals surface area contributed by atoms with Gasteiger partial charge in [-0.3, -0.25) is 4.79 Å². The fourth-order valence-electron chi connectivity index (χ4n) is 3.55. The normalized spacial score (nSPS) is 13.1. The number of nitrogens with zero attached hydrogens (tertiary/aromatic N) is 2. The van der Waals surface area contributed by atoms with Crippen LogP contribution in [-0.2, 0) is 13.1 Å². The largest absolute Gasteiger partial charge is 0.363 e. The highest BCUT2D eigenvalue weighted by atomic mass is 16.2. The highest BCUT2D eigenvalue weighted by molar-refractivity contribution is 5.95. The van der Waals surface area contributed by atoms with Gasteiger partial charge in [0.15, 0.2) is 0 Å². The van der Waals surface area contributed by atoms with Crippen LogP contribution in [0.4, 0.5) is 5.69 Å². The third-order valence-electron chi connectivity index (χ3n) is 5.30. The third-order valence-corrected chi connectivity index (χ3v) is 5.30. The minimum atomic E-state index is -0.194. The van der Waals surface area contributed by atoms with Crippen LogP contribution in [0.25, 0.3) is 0 Å². The van der Waals surface area contributed by atoms with Crippen LogP contribution < -0.4 is 10.3 Å². The highest BCUT2D eigenvalue weighted by Gasteiger charge is 2.20. The molecule has 4 rings (SSSR count). The number of hydrogen-bond acceptors (Lipinski definition) is 3. The lowest BCUT2D eigenvalue weighted by Gasteiger charge is -2.17. The lowest BCUT2D eigenvalue weighted by atomic mass is 10.0. The molecular formula is C25H25N3O. The number of hydrazone groups is 1. The first-order valence-corrected chi connectivity index (χ1v) is 9.95. The molecule has 0 fully saturated rings. The fourth-order valence-corrected chi connectivity index (χ4v) is 3.55. The van der Waals surface area contributed by atoms with Crippen LogP contribution in [0.2, 0.25) is 0 Å². The van der Waals surface area contributed by atoms with E-state index in [2.05, 4.69) is 53.5 Å². The molecule has 0 aliphatic carbocycles. The molecular weight excluding hydrogens is 358 g/mol. The second kappa shape index (κ2) is 8.31. The van der Waals surface area contributed by atoms with Gasteiger partial charge in [0.25, 0.3) is 5.91 Å². The van der Waals surface area contributed by atoms with Gasteiger partial charge in [-0.1, -0.05) is 62.4 Å². The van der Waals surface area contributed by atoms with Crippen molar-refractivity contribution in [1.29, 1.82) is 0 Å². The number of rotatable bonds is 5. The summed E-state index contributed by atoms with van der Waals surface area (Å²) in [4.78, 5) is 14.8. The van der Waals surface area contributed by atoms with Crippen molar-refractivity contribution in [2.45, 2.75) is 32.9 Å². The predicted molar refractivity (Wildman–Crippen MR) is 118 cm³/mol. The smallest absolute Gasteiger partial charge is 0.271 e. The van der Waals surface area contributed by atoms with E-state index in [1.54, 1.807) is 6.21 Å². The Morgan fingerprint density at radius 2 is 1.69 bits per heavy atom. The summed E-state index contributed by atoms with van der Waals surface area (Å²) < 4.78 is 0. The van der Waals surface area contributed by atoms with Gasteiger partial charge in [-0.2, -0.15) is 5.10 Å². The molecule has 29 heavy (non-hydrogen) atoms. The van der Waals surface area contributed by atoms with Crippen molar-refractivity contribution in [3.8, 4) is 0 Å². The molecule has 0 spiro atoms. The molecule has 1 aliphatic heterocycles. The second-order valence-electron chi connectivity index (χ2n) is 7.70. The van der Waals surface area contributed by atoms with E-state index in [9.17, 15) is 4.79 Å². The number of carbonyl (C=O) groups is 1. The quantitative estimate of drug-likeness (QED) is 0.492. The van der Waals surface area contributed by atoms with E-state index in [1.807, 2.05) is 48.5 Å². The van der Waals surface area contributed by atoms with Gasteiger partial charge >= 0.3 is 0 Å². The summed E-state index contributed by atoms with van der Waals surface area (Å²) in [7, 11) is 0. The van der Waals surface area contributed by atoms with Crippen LogP contribution in [0, 0.1) is 0 Å². The number of para-hydroxylation sites is 1. The van der Waals surface area contributed by atoms with Crippen LogP contribution in [0.5, 0.6) is 0 Å². The summed E-state index contributed by atoms with van der Waals surface area (Å²) in [5.74, 6) is 0.305. The van der Waals surface area contributed by atoms with Crippen molar-refractivity contribution < 1.29 is 4.79 Å². The van der Waals surface area contributed by atoms with Gasteiger partial charge in [-0.05, 0) is 52.4 Å². The molecule has 1 heterocycles. The molecule has 0 aromatic heterocycles. The van der Waals surface area contributed by atoms with Crippen LogP contribution in [0.3, 0.4) is 0 Å². The Hall–Kier alpha value is -3.40. The standard InChI is InChI=1S/C25H25N3O/c1-18(2)20-10-8-19(9-11-20)15-26-27-25(29)21-12-13-22-16-28(17-23(22)14-21)24-6-4-3-5-7-24/h3-15,18H,16-17H2,1-2H3,(H,27,29)/b26-15+. The minimum absolute atomic E-state index is 0.194. The van der Waals surface area contributed by atoms with Crippen molar-refractivity contribution in [1.82, 2.24) is 5.43 Å². The zero-order chi connectivity index (χ0) is 20.2. The molecule has 0 radical (unpaired) electrons. The first-order valence-electron chi connectivity index (χ1n) is 9.95. The molecule has 0 saturated heterocycles. The number of benzene rings is 3. The van der Waals surface area contributed by atoms with Gasteiger partial charge in [0.05, 0.1) is 6.21 Å². The zero-order valence-electron chi connectivity index (χ0n) is 16.8. The summed E-state index contributed by atoms with van der Waals surface area (Å²) in [5.41, 5.74) is 9.16. The van der Waals surface area contributed by atoms with Gasteiger partial charge in [0.2, 0.25) is 0 Å². The third kappa shape index (κ3) is 4.37. The number of carbonyl (C=O) groups excluding carboxylic acids is 1. The molecule has 1 aliphatic rings. The fraction of sp³-hybridized carbons (Fsp3) is 0.200. The van der Waals surface area contributed by atoms with Crippen molar-refractivity contribution >= 4 is 17.8 Å². The Labute approximate surface area is 171 Å². The number of hydrogen-bond donors (Lipinski definition) is 1. The summed E-state index contributed by atoms with van der Waals surface area (Å²) in [6, 6.07) is 24.4. The van der Waals surface area contributed by atoms with E-state index in [0.717, 1.165) is 18.7 Å². The van der Waals surface area contributed by atoms with E-state index in [-0.39, 0.29) is 5.91 Å². The summed E-state index contributed by atoms with van der Waals surface area (Å²) in [5, 5.41) is 4.11. The summed E-state index contributed by atoms with van der Waals surface area (Å²) in [6.07, 6.45) is 1.67. The van der Waals surface area contributed by atoms with Gasteiger partial charge in [-0.25, -0.2) is 5.43 Å². The molecule has 0 bridgehead atoms. The summed E-state index contributed by atoms with van der Waals surface area (Å²) in [6.45, 7) is 6.01. The number of nitrogens with one attached hydrogen (secondary N) is 1. The zero-order valence-corrected chi connectivity index (χ0v) is 16.8. The Balaban J connectivity index is 1.39. The van der Waals surface area contributed by atoms with Gasteiger partial charge < -0.3 is 4.90 Å². The Morgan fingerprint density at radius 3 is 2.41 bits per heavy atom. The monoisotopic (exact) mass is 383 g/mol. The number of amides is 1. The molecule has 4 nitrogen and oxygen atoms in total. The Bertz CT molecular complexity index is 1020. The van der Waals surface area contributed by atoms with Crippen LogP contribution >= 0.6 is 0 Å². The van der Waals surface area contributed by atoms with E-state index >= 15 is 0 Å². The maximum atomic E-state index is 12.5. The van der Waals surface area contributed by atoms with Crippen molar-refractivity contribution in [2.24, 2.45) is 5.10 Å². The molecule has 146 valence electrons. The first-order chi connectivity index (χ1) is 14.1. The maximum absolute atomic E-state index is 12.5. The van der Waals surface area contributed by atoms with Gasteiger partial charge in [-0.15, -0.1) is 0 Å². The van der Waals surface area contributed by atoms with Crippen molar-refractivity contribution in [3.05, 3.63) is 101 Å². The minimum Gasteiger partial charge on any atom is -0.363 e. The van der Waals surface area contributed by atoms with Crippen LogP contribution in [-0.4, -0.2) is 12.1 Å². The topological polar surface area (TPSA) is 44.7 Å². The predicted octanol–water partition coefficient (Wildman–Crippen LogP) is 5.09. The number of anilines is 1. The lowest BCUT2D eigenvalue weighted by molar-refractivity contribution is 0.0955. The van der Waals surface area contributed by atoms with E-state index in [1.165, 1.54) is 22.4 Å². The Kier molecular flexibility index (Phi) is 5.43. The molecule has 3 aromatic rings. The maximum Gasteiger partial charge on any atom is 0.271 e. The molecule has 1 N–H and O–H groups in total. The molecule has 3 aromatic carbocycles. The first kappa shape index (κ1) is 18.9. The van der Waals surface area contributed by atoms with E-state index in [4.69, 9.17) is 0 Å². The lowest BCUT2D eigenvalue weighted by Crippen LogP contribution is -2.17. The number of fused-ring (bicyclic) bond motifs is 1. The van der Waals surface area contributed by atoms with Crippen molar-refractivity contribution in [3.63, 3.8) is 0 Å². The van der Waals surface area contributed by atoms with Crippen LogP contribution in [0.1, 0.15) is 52.4 Å². The highest BCUT2D eigenvalue weighted by Crippen LogP contribution is 2.28.